The lowest BCUT2D eigenvalue weighted by Gasteiger charge is -2.07. The summed E-state index contributed by atoms with van der Waals surface area (Å²) in [7, 11) is 0. The zero-order chi connectivity index (χ0) is 12.7. The maximum atomic E-state index is 9.38. The van der Waals surface area contributed by atoms with E-state index in [0.29, 0.717) is 16.8 Å². The van der Waals surface area contributed by atoms with Crippen molar-refractivity contribution in [2.24, 2.45) is 0 Å². The highest BCUT2D eigenvalue weighted by atomic mass is 16.3. The molecule has 0 aromatic carbocycles. The first-order valence-electron chi connectivity index (χ1n) is 5.16. The topological polar surface area (TPSA) is 89.4 Å². The Labute approximate surface area is 99.4 Å². The quantitative estimate of drug-likeness (QED) is 0.628. The summed E-state index contributed by atoms with van der Waals surface area (Å²) in [6, 6.07) is 3.89. The van der Waals surface area contributed by atoms with Gasteiger partial charge in [-0.2, -0.15) is 0 Å². The van der Waals surface area contributed by atoms with E-state index in [4.69, 9.17) is 10.2 Å². The van der Waals surface area contributed by atoms with Gasteiger partial charge in [0.05, 0.1) is 18.9 Å². The van der Waals surface area contributed by atoms with E-state index in [2.05, 4.69) is 9.97 Å². The molecule has 2 rings (SSSR count). The first kappa shape index (κ1) is 13.2. The van der Waals surface area contributed by atoms with Crippen LogP contribution in [0.15, 0.2) is 30.7 Å². The number of aliphatic hydroxyl groups is 2. The Kier molecular flexibility index (Phi) is 5.19. The number of nitrogens with one attached hydrogen (secondary N) is 1. The number of aryl methyl sites for hydroxylation is 1. The Balaban J connectivity index is 0.000000239. The van der Waals surface area contributed by atoms with Crippen molar-refractivity contribution >= 4 is 0 Å². The maximum absolute atomic E-state index is 9.38. The maximum Gasteiger partial charge on any atom is 0.142 e. The van der Waals surface area contributed by atoms with Crippen molar-refractivity contribution in [2.45, 2.75) is 20.1 Å². The number of H-pyrrole nitrogens is 1. The summed E-state index contributed by atoms with van der Waals surface area (Å²) in [5, 5.41) is 27.0. The monoisotopic (exact) mass is 236 g/mol. The predicted molar refractivity (Wildman–Crippen MR) is 63.3 cm³/mol. The number of nitrogens with zero attached hydrogens (tertiary/aromatic N) is 1. The second kappa shape index (κ2) is 6.67. The van der Waals surface area contributed by atoms with E-state index in [0.717, 1.165) is 0 Å². The minimum absolute atomic E-state index is 0.0379. The third-order valence-corrected chi connectivity index (χ3v) is 2.25. The second-order valence-electron chi connectivity index (χ2n) is 3.40. The van der Waals surface area contributed by atoms with Gasteiger partial charge in [0.15, 0.2) is 0 Å². The minimum atomic E-state index is -0.287. The fourth-order valence-corrected chi connectivity index (χ4v) is 1.27. The second-order valence-corrected chi connectivity index (χ2v) is 3.40. The van der Waals surface area contributed by atoms with Crippen LogP contribution in [0.3, 0.4) is 0 Å². The average molecular weight is 236 g/mol. The summed E-state index contributed by atoms with van der Waals surface area (Å²) >= 11 is 0. The number of aromatic amines is 1. The smallest absolute Gasteiger partial charge is 0.142 e. The van der Waals surface area contributed by atoms with E-state index in [1.807, 2.05) is 24.5 Å². The van der Waals surface area contributed by atoms with E-state index in [1.165, 1.54) is 6.20 Å². The third kappa shape index (κ3) is 3.58. The number of hydrogen-bond acceptors (Lipinski definition) is 4. The van der Waals surface area contributed by atoms with Crippen LogP contribution in [0.5, 0.6) is 5.75 Å². The Bertz CT molecular complexity index is 424. The summed E-state index contributed by atoms with van der Waals surface area (Å²) in [6.07, 6.45) is 5.20. The number of aliphatic hydroxyl groups excluding tert-OH is 2. The Morgan fingerprint density at radius 2 is 1.82 bits per heavy atom. The molecule has 5 heteroatoms. The SMILES string of the molecule is Cc1ncc(CO)c(CO)c1O.c1cc[nH]c1. The molecule has 0 saturated carbocycles. The van der Waals surface area contributed by atoms with Crippen molar-refractivity contribution < 1.29 is 15.3 Å². The molecule has 0 saturated heterocycles. The molecular formula is C12H16N2O3. The molecule has 0 aliphatic rings. The van der Waals surface area contributed by atoms with Gasteiger partial charge in [-0.3, -0.25) is 4.98 Å². The van der Waals surface area contributed by atoms with Crippen LogP contribution in [0.4, 0.5) is 0 Å². The number of aromatic nitrogens is 2. The zero-order valence-corrected chi connectivity index (χ0v) is 9.59. The molecule has 0 spiro atoms. The van der Waals surface area contributed by atoms with E-state index < -0.39 is 0 Å². The third-order valence-electron chi connectivity index (χ3n) is 2.25. The minimum Gasteiger partial charge on any atom is -0.506 e. The molecule has 2 aromatic rings. The van der Waals surface area contributed by atoms with Gasteiger partial charge >= 0.3 is 0 Å². The summed E-state index contributed by atoms with van der Waals surface area (Å²) in [5.74, 6) is -0.0379. The van der Waals surface area contributed by atoms with Gasteiger partial charge in [-0.15, -0.1) is 0 Å². The van der Waals surface area contributed by atoms with Crippen LogP contribution in [0.2, 0.25) is 0 Å². The summed E-state index contributed by atoms with van der Waals surface area (Å²) in [4.78, 5) is 6.70. The molecule has 4 N–H and O–H groups in total. The fourth-order valence-electron chi connectivity index (χ4n) is 1.27. The Morgan fingerprint density at radius 1 is 1.18 bits per heavy atom. The van der Waals surface area contributed by atoms with Crippen LogP contribution in [0, 0.1) is 6.92 Å². The number of hydrogen-bond donors (Lipinski definition) is 4. The molecule has 0 aliphatic heterocycles. The Morgan fingerprint density at radius 3 is 2.24 bits per heavy atom. The van der Waals surface area contributed by atoms with Crippen molar-refractivity contribution in [2.75, 3.05) is 0 Å². The highest BCUT2D eigenvalue weighted by Crippen LogP contribution is 2.23. The van der Waals surface area contributed by atoms with Gasteiger partial charge in [0.1, 0.15) is 5.75 Å². The molecule has 0 aliphatic carbocycles. The van der Waals surface area contributed by atoms with Gasteiger partial charge in [-0.1, -0.05) is 0 Å². The van der Waals surface area contributed by atoms with Gasteiger partial charge in [-0.05, 0) is 19.1 Å². The number of aromatic hydroxyl groups is 1. The van der Waals surface area contributed by atoms with Gasteiger partial charge in [0.25, 0.3) is 0 Å². The van der Waals surface area contributed by atoms with Gasteiger partial charge in [-0.25, -0.2) is 0 Å². The number of pyridine rings is 1. The first-order chi connectivity index (χ1) is 8.20. The largest absolute Gasteiger partial charge is 0.506 e. The van der Waals surface area contributed by atoms with Crippen LogP contribution in [-0.4, -0.2) is 25.3 Å². The van der Waals surface area contributed by atoms with Crippen LogP contribution in [0.1, 0.15) is 16.8 Å². The van der Waals surface area contributed by atoms with Gasteiger partial charge < -0.3 is 20.3 Å². The molecule has 0 fully saturated rings. The lowest BCUT2D eigenvalue weighted by Crippen LogP contribution is -1.98. The van der Waals surface area contributed by atoms with Crippen molar-refractivity contribution in [3.8, 4) is 5.75 Å². The molecule has 92 valence electrons. The standard InChI is InChI=1S/C8H11NO3.C4H5N/c1-5-8(12)7(4-11)6(3-10)2-9-5;1-2-4-5-3-1/h2,10-12H,3-4H2,1H3;1-5H. The van der Waals surface area contributed by atoms with Crippen molar-refractivity contribution in [3.05, 3.63) is 47.5 Å². The van der Waals surface area contributed by atoms with Crippen LogP contribution >= 0.6 is 0 Å². The highest BCUT2D eigenvalue weighted by Gasteiger charge is 2.09. The van der Waals surface area contributed by atoms with Crippen LogP contribution < -0.4 is 0 Å². The van der Waals surface area contributed by atoms with E-state index >= 15 is 0 Å². The highest BCUT2D eigenvalue weighted by molar-refractivity contribution is 5.39. The van der Waals surface area contributed by atoms with Crippen LogP contribution in [0.25, 0.3) is 0 Å². The normalized spacial score (nSPS) is 9.59. The lowest BCUT2D eigenvalue weighted by molar-refractivity contribution is 0.254. The molecule has 0 atom stereocenters. The van der Waals surface area contributed by atoms with Crippen molar-refractivity contribution in [3.63, 3.8) is 0 Å². The van der Waals surface area contributed by atoms with Gasteiger partial charge in [0, 0.05) is 29.7 Å². The summed E-state index contributed by atoms with van der Waals surface area (Å²) in [6.45, 7) is 1.12. The lowest BCUT2D eigenvalue weighted by atomic mass is 10.1. The molecule has 0 unspecified atom stereocenters. The van der Waals surface area contributed by atoms with Crippen LogP contribution in [-0.2, 0) is 13.2 Å². The fraction of sp³-hybridized carbons (Fsp3) is 0.250. The Hall–Kier alpha value is -1.85. The summed E-state index contributed by atoms with van der Waals surface area (Å²) in [5.41, 5.74) is 1.27. The van der Waals surface area contributed by atoms with E-state index in [-0.39, 0.29) is 19.0 Å². The van der Waals surface area contributed by atoms with E-state index in [1.54, 1.807) is 6.92 Å². The average Bonchev–Trinajstić information content (AvgIpc) is 2.91. The molecule has 0 radical (unpaired) electrons. The zero-order valence-electron chi connectivity index (χ0n) is 9.59. The van der Waals surface area contributed by atoms with E-state index in [9.17, 15) is 5.11 Å². The van der Waals surface area contributed by atoms with Gasteiger partial charge in [0.2, 0.25) is 0 Å². The first-order valence-corrected chi connectivity index (χ1v) is 5.16. The molecule has 2 heterocycles. The summed E-state index contributed by atoms with van der Waals surface area (Å²) < 4.78 is 0. The molecule has 2 aromatic heterocycles. The molecule has 0 bridgehead atoms. The predicted octanol–water partition coefficient (Wildman–Crippen LogP) is 1.09. The molecule has 17 heavy (non-hydrogen) atoms. The molecular weight excluding hydrogens is 220 g/mol. The van der Waals surface area contributed by atoms with Crippen molar-refractivity contribution in [1.29, 1.82) is 0 Å². The molecule has 0 amide bonds. The van der Waals surface area contributed by atoms with Crippen molar-refractivity contribution in [1.82, 2.24) is 9.97 Å². The number of rotatable bonds is 2. The molecule has 5 nitrogen and oxygen atoms in total.